The van der Waals surface area contributed by atoms with Crippen LogP contribution >= 0.6 is 0 Å². The number of carbonyl (C=O) groups is 3. The van der Waals surface area contributed by atoms with E-state index in [1.54, 1.807) is 0 Å². The molecule has 3 aliphatic rings. The Morgan fingerprint density at radius 2 is 1.42 bits per heavy atom. The van der Waals surface area contributed by atoms with Crippen LogP contribution in [-0.2, 0) is 20.9 Å². The number of alkyl halides is 6. The van der Waals surface area contributed by atoms with Crippen LogP contribution in [0.15, 0.2) is 24.5 Å². The summed E-state index contributed by atoms with van der Waals surface area (Å²) in [6.45, 7) is 5.36. The van der Waals surface area contributed by atoms with Crippen molar-refractivity contribution < 1.29 is 50.9 Å². The second kappa shape index (κ2) is 13.3. The van der Waals surface area contributed by atoms with Crippen LogP contribution in [0.1, 0.15) is 51.0 Å². The summed E-state index contributed by atoms with van der Waals surface area (Å²) >= 11 is 0. The molecule has 0 aromatic carbocycles. The summed E-state index contributed by atoms with van der Waals surface area (Å²) in [5.74, 6) is -3.95. The van der Waals surface area contributed by atoms with Crippen molar-refractivity contribution in [3.63, 3.8) is 0 Å². The third-order valence-electron chi connectivity index (χ3n) is 6.93. The van der Waals surface area contributed by atoms with Gasteiger partial charge in [0, 0.05) is 50.0 Å². The molecule has 0 unspecified atom stereocenters. The molecule has 2 aliphatic heterocycles. The molecule has 8 nitrogen and oxygen atoms in total. The Morgan fingerprint density at radius 3 is 1.89 bits per heavy atom. The Kier molecular flexibility index (Phi) is 10.9. The second-order valence-electron chi connectivity index (χ2n) is 9.64. The maximum Gasteiger partial charge on any atom is 0.490 e. The van der Waals surface area contributed by atoms with Crippen molar-refractivity contribution in [2.45, 2.75) is 76.4 Å². The van der Waals surface area contributed by atoms with Crippen LogP contribution in [0.3, 0.4) is 0 Å². The minimum Gasteiger partial charge on any atom is -0.475 e. The van der Waals surface area contributed by atoms with Crippen molar-refractivity contribution in [2.24, 2.45) is 11.8 Å². The van der Waals surface area contributed by atoms with Gasteiger partial charge < -0.3 is 15.1 Å². The van der Waals surface area contributed by atoms with E-state index in [-0.39, 0.29) is 0 Å². The van der Waals surface area contributed by atoms with Crippen LogP contribution < -0.4 is 0 Å². The molecule has 1 saturated carbocycles. The van der Waals surface area contributed by atoms with Gasteiger partial charge in [0.15, 0.2) is 0 Å². The third kappa shape index (κ3) is 9.14. The van der Waals surface area contributed by atoms with E-state index in [9.17, 15) is 31.1 Å². The highest BCUT2D eigenvalue weighted by Gasteiger charge is 2.45. The molecule has 38 heavy (non-hydrogen) atoms. The quantitative estimate of drug-likeness (QED) is 0.534. The molecule has 0 spiro atoms. The SMILES string of the molecule is CC1CCC(C(=O)N2CC[C@H]3[C@H]2CCN3Cc2cccnc2)CC1.O=C(O)C(F)(F)F.O=C(O)C(F)(F)F. The van der Waals surface area contributed by atoms with Gasteiger partial charge in [-0.15, -0.1) is 0 Å². The highest BCUT2D eigenvalue weighted by atomic mass is 19.4. The zero-order valence-electron chi connectivity index (χ0n) is 20.7. The number of amides is 1. The Labute approximate surface area is 215 Å². The van der Waals surface area contributed by atoms with Crippen LogP contribution in [0.5, 0.6) is 0 Å². The van der Waals surface area contributed by atoms with E-state index in [4.69, 9.17) is 19.8 Å². The number of aliphatic carboxylic acids is 2. The average Bonchev–Trinajstić information content (AvgIpc) is 3.42. The lowest BCUT2D eigenvalue weighted by Gasteiger charge is -2.32. The number of nitrogens with zero attached hydrogens (tertiary/aromatic N) is 3. The summed E-state index contributed by atoms with van der Waals surface area (Å²) in [6.07, 6.45) is 0.572. The summed E-state index contributed by atoms with van der Waals surface area (Å²) in [5, 5.41) is 14.2. The van der Waals surface area contributed by atoms with Crippen LogP contribution in [0, 0.1) is 11.8 Å². The normalized spacial score (nSPS) is 25.4. The van der Waals surface area contributed by atoms with Gasteiger partial charge >= 0.3 is 24.3 Å². The molecule has 0 bridgehead atoms. The summed E-state index contributed by atoms with van der Waals surface area (Å²) in [6, 6.07) is 5.17. The van der Waals surface area contributed by atoms with Gasteiger partial charge in [0.05, 0.1) is 0 Å². The molecule has 1 amide bonds. The minimum absolute atomic E-state index is 0.298. The number of fused-ring (bicyclic) bond motifs is 1. The highest BCUT2D eigenvalue weighted by molar-refractivity contribution is 5.79. The van der Waals surface area contributed by atoms with Crippen LogP contribution in [-0.4, -0.2) is 80.4 Å². The van der Waals surface area contributed by atoms with Crippen molar-refractivity contribution >= 4 is 17.8 Å². The third-order valence-corrected chi connectivity index (χ3v) is 6.93. The fourth-order valence-electron chi connectivity index (χ4n) is 5.01. The van der Waals surface area contributed by atoms with Crippen molar-refractivity contribution in [3.05, 3.63) is 30.1 Å². The van der Waals surface area contributed by atoms with Gasteiger partial charge in [-0.3, -0.25) is 14.7 Å². The Bertz CT molecular complexity index is 912. The molecular weight excluding hydrogens is 524 g/mol. The monoisotopic (exact) mass is 555 g/mol. The van der Waals surface area contributed by atoms with Crippen molar-refractivity contribution in [1.82, 2.24) is 14.8 Å². The van der Waals surface area contributed by atoms with Gasteiger partial charge in [0.2, 0.25) is 5.91 Å². The number of pyridine rings is 1. The molecule has 14 heteroatoms. The number of hydrogen-bond donors (Lipinski definition) is 2. The first-order valence-corrected chi connectivity index (χ1v) is 12.1. The number of hydrogen-bond acceptors (Lipinski definition) is 5. The molecule has 2 N–H and O–H groups in total. The first kappa shape index (κ1) is 31.3. The van der Waals surface area contributed by atoms with E-state index in [2.05, 4.69) is 27.8 Å². The van der Waals surface area contributed by atoms with Gasteiger partial charge in [-0.05, 0) is 56.1 Å². The van der Waals surface area contributed by atoms with Crippen molar-refractivity contribution in [1.29, 1.82) is 0 Å². The number of likely N-dealkylation sites (tertiary alicyclic amines) is 2. The van der Waals surface area contributed by atoms with Gasteiger partial charge in [-0.1, -0.05) is 13.0 Å². The van der Waals surface area contributed by atoms with E-state index >= 15 is 0 Å². The lowest BCUT2D eigenvalue weighted by Crippen LogP contribution is -2.43. The number of carboxylic acid groups (broad SMARTS) is 2. The van der Waals surface area contributed by atoms with E-state index in [0.29, 0.717) is 23.9 Å². The van der Waals surface area contributed by atoms with E-state index in [0.717, 1.165) is 51.2 Å². The molecule has 1 aromatic rings. The fraction of sp³-hybridized carbons (Fsp3) is 0.667. The van der Waals surface area contributed by atoms with Gasteiger partial charge in [0.25, 0.3) is 0 Å². The first-order chi connectivity index (χ1) is 17.6. The molecular formula is C24H31F6N3O5. The van der Waals surface area contributed by atoms with E-state index < -0.39 is 24.3 Å². The largest absolute Gasteiger partial charge is 0.490 e. The average molecular weight is 556 g/mol. The number of aromatic nitrogens is 1. The summed E-state index contributed by atoms with van der Waals surface area (Å²) in [4.78, 5) is 39.8. The number of carboxylic acids is 2. The molecule has 2 atom stereocenters. The minimum atomic E-state index is -5.08. The molecule has 2 saturated heterocycles. The predicted molar refractivity (Wildman–Crippen MR) is 122 cm³/mol. The number of halogens is 6. The second-order valence-corrected chi connectivity index (χ2v) is 9.64. The van der Waals surface area contributed by atoms with Crippen molar-refractivity contribution in [2.75, 3.05) is 13.1 Å². The fourth-order valence-corrected chi connectivity index (χ4v) is 5.01. The Hall–Kier alpha value is -2.90. The van der Waals surface area contributed by atoms with Crippen LogP contribution in [0.2, 0.25) is 0 Å². The van der Waals surface area contributed by atoms with Gasteiger partial charge in [-0.25, -0.2) is 9.59 Å². The lowest BCUT2D eigenvalue weighted by atomic mass is 9.82. The predicted octanol–water partition coefficient (Wildman–Crippen LogP) is 4.35. The lowest BCUT2D eigenvalue weighted by molar-refractivity contribution is -0.193. The molecule has 1 aliphatic carbocycles. The topological polar surface area (TPSA) is 111 Å². The van der Waals surface area contributed by atoms with Crippen LogP contribution in [0.25, 0.3) is 0 Å². The van der Waals surface area contributed by atoms with Gasteiger partial charge in [-0.2, -0.15) is 26.3 Å². The Morgan fingerprint density at radius 1 is 0.895 bits per heavy atom. The van der Waals surface area contributed by atoms with Gasteiger partial charge in [0.1, 0.15) is 0 Å². The first-order valence-electron chi connectivity index (χ1n) is 12.1. The number of carbonyl (C=O) groups excluding carboxylic acids is 1. The maximum atomic E-state index is 13.0. The molecule has 3 fully saturated rings. The molecule has 4 rings (SSSR count). The number of rotatable bonds is 3. The highest BCUT2D eigenvalue weighted by Crippen LogP contribution is 2.36. The smallest absolute Gasteiger partial charge is 0.475 e. The van der Waals surface area contributed by atoms with E-state index in [1.807, 2.05) is 18.5 Å². The van der Waals surface area contributed by atoms with Crippen molar-refractivity contribution in [3.8, 4) is 0 Å². The van der Waals surface area contributed by atoms with E-state index in [1.165, 1.54) is 18.4 Å². The molecule has 214 valence electrons. The zero-order valence-corrected chi connectivity index (χ0v) is 20.7. The zero-order chi connectivity index (χ0) is 28.7. The Balaban J connectivity index is 0.000000301. The summed E-state index contributed by atoms with van der Waals surface area (Å²) in [7, 11) is 0. The summed E-state index contributed by atoms with van der Waals surface area (Å²) in [5.41, 5.74) is 1.28. The molecule has 1 aromatic heterocycles. The van der Waals surface area contributed by atoms with Crippen LogP contribution in [0.4, 0.5) is 26.3 Å². The summed E-state index contributed by atoms with van der Waals surface area (Å²) < 4.78 is 63.5. The molecule has 0 radical (unpaired) electrons. The standard InChI is InChI=1S/C20H29N3O.2C2HF3O2/c1-15-4-6-17(7-5-15)20(24)23-12-9-18-19(23)8-11-22(18)14-16-3-2-10-21-13-16;2*3-2(4,5)1(6)7/h2-3,10,13,15,17-19H,4-9,11-12,14H2,1H3;2*(H,6,7)/t15?,17?,18-,19+;;/m0../s1. The molecule has 3 heterocycles. The maximum absolute atomic E-state index is 13.0.